The fourth-order valence-corrected chi connectivity index (χ4v) is 2.70. The Labute approximate surface area is 133 Å². The highest BCUT2D eigenvalue weighted by Gasteiger charge is 2.24. The molecule has 4 nitrogen and oxygen atoms in total. The number of benzene rings is 1. The summed E-state index contributed by atoms with van der Waals surface area (Å²) >= 11 is 0. The number of hydrogen-bond acceptors (Lipinski definition) is 3. The molecule has 0 aromatic heterocycles. The van der Waals surface area contributed by atoms with Crippen molar-refractivity contribution in [2.45, 2.75) is 27.7 Å². The summed E-state index contributed by atoms with van der Waals surface area (Å²) in [7, 11) is 0. The molecule has 0 atom stereocenters. The molecule has 120 valence electrons. The van der Waals surface area contributed by atoms with Crippen LogP contribution in [0.25, 0.3) is 0 Å². The van der Waals surface area contributed by atoms with Crippen molar-refractivity contribution < 1.29 is 9.59 Å². The van der Waals surface area contributed by atoms with E-state index in [4.69, 9.17) is 0 Å². The normalized spacial score (nSPS) is 16.1. The van der Waals surface area contributed by atoms with E-state index < -0.39 is 0 Å². The molecule has 0 spiro atoms. The molecule has 4 heteroatoms. The summed E-state index contributed by atoms with van der Waals surface area (Å²) in [5, 5.41) is 0. The summed E-state index contributed by atoms with van der Waals surface area (Å²) < 4.78 is 0. The zero-order chi connectivity index (χ0) is 16.3. The molecule has 1 heterocycles. The van der Waals surface area contributed by atoms with Gasteiger partial charge in [0, 0.05) is 37.7 Å². The van der Waals surface area contributed by atoms with E-state index in [9.17, 15) is 9.59 Å². The van der Waals surface area contributed by atoms with E-state index >= 15 is 0 Å². The maximum Gasteiger partial charge on any atom is 0.225 e. The van der Waals surface area contributed by atoms with E-state index in [1.165, 1.54) is 5.56 Å². The minimum Gasteiger partial charge on any atom is -0.340 e. The van der Waals surface area contributed by atoms with Crippen LogP contribution in [-0.2, 0) is 4.79 Å². The molecule has 1 amide bonds. The predicted molar refractivity (Wildman–Crippen MR) is 88.1 cm³/mol. The highest BCUT2D eigenvalue weighted by molar-refractivity contribution is 5.97. The molecule has 0 aliphatic carbocycles. The van der Waals surface area contributed by atoms with Gasteiger partial charge in [-0.3, -0.25) is 14.5 Å². The van der Waals surface area contributed by atoms with E-state index in [-0.39, 0.29) is 17.6 Å². The van der Waals surface area contributed by atoms with E-state index in [1.54, 1.807) is 0 Å². The average Bonchev–Trinajstić information content (AvgIpc) is 2.50. The number of carbonyl (C=O) groups excluding carboxylic acids is 2. The van der Waals surface area contributed by atoms with Gasteiger partial charge >= 0.3 is 0 Å². The first-order chi connectivity index (χ1) is 10.4. The van der Waals surface area contributed by atoms with Crippen molar-refractivity contribution in [3.63, 3.8) is 0 Å². The van der Waals surface area contributed by atoms with E-state index in [0.717, 1.165) is 37.3 Å². The first kappa shape index (κ1) is 16.7. The van der Waals surface area contributed by atoms with Crippen LogP contribution in [0.3, 0.4) is 0 Å². The number of carbonyl (C=O) groups is 2. The summed E-state index contributed by atoms with van der Waals surface area (Å²) in [5.74, 6) is 0.413. The maximum atomic E-state index is 12.4. The van der Waals surface area contributed by atoms with Gasteiger partial charge in [-0.1, -0.05) is 26.0 Å². The van der Waals surface area contributed by atoms with Crippen molar-refractivity contribution in [1.82, 2.24) is 9.80 Å². The van der Waals surface area contributed by atoms with E-state index in [2.05, 4.69) is 11.8 Å². The van der Waals surface area contributed by atoms with Gasteiger partial charge in [0.1, 0.15) is 0 Å². The van der Waals surface area contributed by atoms with Gasteiger partial charge < -0.3 is 4.90 Å². The number of piperazine rings is 1. The molecule has 1 aliphatic heterocycles. The summed E-state index contributed by atoms with van der Waals surface area (Å²) in [6, 6.07) is 5.88. The molecular weight excluding hydrogens is 276 g/mol. The van der Waals surface area contributed by atoms with Crippen molar-refractivity contribution in [1.29, 1.82) is 0 Å². The molecule has 0 unspecified atom stereocenters. The lowest BCUT2D eigenvalue weighted by Crippen LogP contribution is -2.50. The molecule has 0 saturated carbocycles. The molecule has 1 saturated heterocycles. The number of Topliss-reactive ketones (excluding diaryl/α,β-unsaturated/α-hetero) is 1. The third-order valence-electron chi connectivity index (χ3n) is 4.37. The van der Waals surface area contributed by atoms with E-state index in [0.29, 0.717) is 6.54 Å². The number of amides is 1. The first-order valence-electron chi connectivity index (χ1n) is 8.00. The van der Waals surface area contributed by atoms with Gasteiger partial charge in [-0.15, -0.1) is 0 Å². The van der Waals surface area contributed by atoms with Crippen LogP contribution in [-0.4, -0.2) is 54.2 Å². The molecule has 1 aromatic rings. The molecule has 22 heavy (non-hydrogen) atoms. The number of rotatable bonds is 4. The SMILES string of the molecule is Cc1ccc(C(=O)CN2CCN(C(=O)C(C)C)CC2)cc1C. The van der Waals surface area contributed by atoms with Crippen LogP contribution in [0.1, 0.15) is 35.3 Å². The number of aryl methyl sites for hydroxylation is 2. The van der Waals surface area contributed by atoms with Crippen LogP contribution in [0, 0.1) is 19.8 Å². The van der Waals surface area contributed by atoms with Crippen LogP contribution >= 0.6 is 0 Å². The largest absolute Gasteiger partial charge is 0.340 e. The van der Waals surface area contributed by atoms with E-state index in [1.807, 2.05) is 43.9 Å². The van der Waals surface area contributed by atoms with Crippen LogP contribution in [0.2, 0.25) is 0 Å². The van der Waals surface area contributed by atoms with Crippen LogP contribution in [0.5, 0.6) is 0 Å². The Morgan fingerprint density at radius 1 is 1.05 bits per heavy atom. The maximum absolute atomic E-state index is 12.4. The van der Waals surface area contributed by atoms with Gasteiger partial charge in [0.15, 0.2) is 5.78 Å². The van der Waals surface area contributed by atoms with Crippen LogP contribution < -0.4 is 0 Å². The summed E-state index contributed by atoms with van der Waals surface area (Å²) in [4.78, 5) is 28.4. The zero-order valence-corrected chi connectivity index (χ0v) is 14.1. The Kier molecular flexibility index (Phi) is 5.35. The van der Waals surface area contributed by atoms with Gasteiger partial charge in [0.05, 0.1) is 6.54 Å². The van der Waals surface area contributed by atoms with Gasteiger partial charge in [0.25, 0.3) is 0 Å². The minimum absolute atomic E-state index is 0.0451. The molecule has 0 N–H and O–H groups in total. The molecule has 0 radical (unpaired) electrons. The monoisotopic (exact) mass is 302 g/mol. The van der Waals surface area contributed by atoms with Crippen LogP contribution in [0.4, 0.5) is 0 Å². The minimum atomic E-state index is 0.0451. The quantitative estimate of drug-likeness (QED) is 0.801. The molecular formula is C18H26N2O2. The number of ketones is 1. The lowest BCUT2D eigenvalue weighted by atomic mass is 10.0. The fourth-order valence-electron chi connectivity index (χ4n) is 2.70. The van der Waals surface area contributed by atoms with Gasteiger partial charge in [0.2, 0.25) is 5.91 Å². The number of nitrogens with zero attached hydrogens (tertiary/aromatic N) is 2. The number of hydrogen-bond donors (Lipinski definition) is 0. The molecule has 1 aliphatic rings. The fraction of sp³-hybridized carbons (Fsp3) is 0.556. The molecule has 1 aromatic carbocycles. The predicted octanol–water partition coefficient (Wildman–Crippen LogP) is 2.29. The Morgan fingerprint density at radius 2 is 1.68 bits per heavy atom. The highest BCUT2D eigenvalue weighted by atomic mass is 16.2. The van der Waals surface area contributed by atoms with Crippen molar-refractivity contribution in [2.75, 3.05) is 32.7 Å². The molecule has 2 rings (SSSR count). The lowest BCUT2D eigenvalue weighted by molar-refractivity contribution is -0.136. The van der Waals surface area contributed by atoms with Gasteiger partial charge in [-0.25, -0.2) is 0 Å². The average molecular weight is 302 g/mol. The highest BCUT2D eigenvalue weighted by Crippen LogP contribution is 2.12. The van der Waals surface area contributed by atoms with Gasteiger partial charge in [-0.2, -0.15) is 0 Å². The second kappa shape index (κ2) is 7.05. The molecule has 0 bridgehead atoms. The molecule has 1 fully saturated rings. The van der Waals surface area contributed by atoms with Crippen molar-refractivity contribution in [2.24, 2.45) is 5.92 Å². The third kappa shape index (κ3) is 3.95. The van der Waals surface area contributed by atoms with Crippen molar-refractivity contribution >= 4 is 11.7 Å². The van der Waals surface area contributed by atoms with Gasteiger partial charge in [-0.05, 0) is 31.0 Å². The summed E-state index contributed by atoms with van der Waals surface area (Å²) in [6.07, 6.45) is 0. The second-order valence-electron chi connectivity index (χ2n) is 6.48. The lowest BCUT2D eigenvalue weighted by Gasteiger charge is -2.35. The Balaban J connectivity index is 1.89. The summed E-state index contributed by atoms with van der Waals surface area (Å²) in [6.45, 7) is 11.4. The standard InChI is InChI=1S/C18H26N2O2/c1-13(2)18(22)20-9-7-19(8-10-20)12-17(21)16-6-5-14(3)15(4)11-16/h5-6,11,13H,7-10,12H2,1-4H3. The van der Waals surface area contributed by atoms with Crippen LogP contribution in [0.15, 0.2) is 18.2 Å². The third-order valence-corrected chi connectivity index (χ3v) is 4.37. The van der Waals surface area contributed by atoms with Crippen molar-refractivity contribution in [3.8, 4) is 0 Å². The topological polar surface area (TPSA) is 40.6 Å². The summed E-state index contributed by atoms with van der Waals surface area (Å²) in [5.41, 5.74) is 3.14. The zero-order valence-electron chi connectivity index (χ0n) is 14.1. The second-order valence-corrected chi connectivity index (χ2v) is 6.48. The Morgan fingerprint density at radius 3 is 2.23 bits per heavy atom. The van der Waals surface area contributed by atoms with Crippen molar-refractivity contribution in [3.05, 3.63) is 34.9 Å². The smallest absolute Gasteiger partial charge is 0.225 e. The first-order valence-corrected chi connectivity index (χ1v) is 8.00. The Hall–Kier alpha value is -1.68. The Bertz CT molecular complexity index is 558.